The van der Waals surface area contributed by atoms with Crippen molar-refractivity contribution in [3.05, 3.63) is 54.6 Å². The summed E-state index contributed by atoms with van der Waals surface area (Å²) in [5.41, 5.74) is 1.39. The van der Waals surface area contributed by atoms with E-state index in [1.54, 1.807) is 20.0 Å². The Morgan fingerprint density at radius 2 is 1.94 bits per heavy atom. The normalized spacial score (nSPS) is 18.0. The molecule has 0 aliphatic carbocycles. The number of ether oxygens (including phenoxy) is 2. The second kappa shape index (κ2) is 11.9. The number of rotatable bonds is 9. The molecule has 1 unspecified atom stereocenters. The van der Waals surface area contributed by atoms with Crippen LogP contribution in [0.4, 0.5) is 15.8 Å². The van der Waals surface area contributed by atoms with Crippen molar-refractivity contribution in [3.8, 4) is 5.75 Å². The number of anilines is 2. The Labute approximate surface area is 210 Å². The summed E-state index contributed by atoms with van der Waals surface area (Å²) in [5, 5.41) is 0. The molecule has 1 heterocycles. The Hall–Kier alpha value is -2.56. The van der Waals surface area contributed by atoms with Crippen LogP contribution in [0.15, 0.2) is 64.3 Å². The Kier molecular flexibility index (Phi) is 9.21. The van der Waals surface area contributed by atoms with Crippen molar-refractivity contribution in [2.24, 2.45) is 0 Å². The van der Waals surface area contributed by atoms with Crippen molar-refractivity contribution < 1.29 is 27.1 Å². The smallest absolute Gasteiger partial charge is 0.370 e. The highest BCUT2D eigenvalue weighted by atomic mass is 32.2. The van der Waals surface area contributed by atoms with E-state index in [2.05, 4.69) is 11.7 Å². The van der Waals surface area contributed by atoms with Crippen molar-refractivity contribution in [3.63, 3.8) is 0 Å². The number of carbonyl (C=O) groups excluding carboxylic acids is 1. The number of fused-ring (bicyclic) bond motifs is 1. The molecule has 190 valence electrons. The molecule has 0 fully saturated rings. The maximum absolute atomic E-state index is 14.1. The second-order valence-electron chi connectivity index (χ2n) is 8.04. The van der Waals surface area contributed by atoms with Gasteiger partial charge in [-0.15, -0.1) is 11.8 Å². The lowest BCUT2D eigenvalue weighted by molar-refractivity contribution is -0.140. The van der Waals surface area contributed by atoms with Crippen LogP contribution in [0.1, 0.15) is 33.1 Å². The van der Waals surface area contributed by atoms with Crippen LogP contribution < -0.4 is 9.64 Å². The van der Waals surface area contributed by atoms with Crippen LogP contribution in [0.5, 0.6) is 5.75 Å². The molecule has 0 N–H and O–H groups in total. The first-order valence-electron chi connectivity index (χ1n) is 11.5. The zero-order valence-corrected chi connectivity index (χ0v) is 22.0. The van der Waals surface area contributed by atoms with Crippen molar-refractivity contribution in [1.82, 2.24) is 4.31 Å². The number of likely N-dealkylation sites (N-methyl/N-ethyl adjacent to an activating group) is 1. The van der Waals surface area contributed by atoms with Gasteiger partial charge in [-0.3, -0.25) is 0 Å². The molecule has 10 heteroatoms. The summed E-state index contributed by atoms with van der Waals surface area (Å²) in [7, 11) is -2.30. The minimum Gasteiger partial charge on any atom is -0.461 e. The minimum atomic E-state index is -3.89. The third-order valence-corrected chi connectivity index (χ3v) is 8.52. The van der Waals surface area contributed by atoms with E-state index in [0.717, 1.165) is 24.9 Å². The number of thioether (sulfide) groups is 1. The monoisotopic (exact) mass is 522 g/mol. The molecule has 1 aliphatic heterocycles. The average Bonchev–Trinajstić information content (AvgIpc) is 2.94. The first-order chi connectivity index (χ1) is 16.7. The van der Waals surface area contributed by atoms with E-state index < -0.39 is 21.8 Å². The summed E-state index contributed by atoms with van der Waals surface area (Å²) in [4.78, 5) is 14.3. The molecular weight excluding hydrogens is 491 g/mol. The highest BCUT2D eigenvalue weighted by Gasteiger charge is 2.37. The third-order valence-electron chi connectivity index (χ3n) is 5.82. The van der Waals surface area contributed by atoms with Gasteiger partial charge in [-0.25, -0.2) is 13.2 Å². The van der Waals surface area contributed by atoms with E-state index in [1.807, 2.05) is 41.5 Å². The Balaban J connectivity index is 2.16. The van der Waals surface area contributed by atoms with E-state index in [1.165, 1.54) is 22.1 Å². The second-order valence-corrected chi connectivity index (χ2v) is 10.9. The number of benzene rings is 2. The molecule has 1 aliphatic rings. The number of nitrogens with zero attached hydrogens (tertiary/aromatic N) is 2. The molecule has 0 bridgehead atoms. The maximum atomic E-state index is 14.1. The fourth-order valence-electron chi connectivity index (χ4n) is 3.90. The molecule has 0 amide bonds. The van der Waals surface area contributed by atoms with Gasteiger partial charge in [-0.05, 0) is 37.8 Å². The lowest BCUT2D eigenvalue weighted by Gasteiger charge is -2.29. The van der Waals surface area contributed by atoms with Crippen LogP contribution in [0.25, 0.3) is 0 Å². The van der Waals surface area contributed by atoms with Gasteiger partial charge < -0.3 is 14.4 Å². The molecule has 0 aromatic heterocycles. The van der Waals surface area contributed by atoms with Gasteiger partial charge in [0.15, 0.2) is 0 Å². The zero-order valence-electron chi connectivity index (χ0n) is 20.4. The largest absolute Gasteiger partial charge is 0.461 e. The lowest BCUT2D eigenvalue weighted by atomic mass is 10.1. The topological polar surface area (TPSA) is 76.1 Å². The van der Waals surface area contributed by atoms with Crippen molar-refractivity contribution >= 4 is 39.1 Å². The van der Waals surface area contributed by atoms with Gasteiger partial charge in [0.25, 0.3) is 0 Å². The van der Waals surface area contributed by atoms with Crippen LogP contribution in [0.3, 0.4) is 0 Å². The van der Waals surface area contributed by atoms with Gasteiger partial charge in [0, 0.05) is 31.4 Å². The number of para-hydroxylation sites is 1. The molecule has 2 aromatic carbocycles. The molecule has 0 saturated carbocycles. The summed E-state index contributed by atoms with van der Waals surface area (Å²) >= 11 is 1.33. The molecule has 7 nitrogen and oxygen atoms in total. The van der Waals surface area contributed by atoms with E-state index in [-0.39, 0.29) is 23.3 Å². The Morgan fingerprint density at radius 3 is 2.57 bits per heavy atom. The highest BCUT2D eigenvalue weighted by Crippen LogP contribution is 2.43. The number of hydrogen-bond donors (Lipinski definition) is 0. The number of unbranched alkanes of at least 4 members (excludes halogenated alkanes) is 1. The van der Waals surface area contributed by atoms with E-state index in [9.17, 15) is 17.6 Å². The van der Waals surface area contributed by atoms with Gasteiger partial charge in [-0.1, -0.05) is 38.0 Å². The number of sulfonamides is 1. The first-order valence-corrected chi connectivity index (χ1v) is 14.1. The van der Waals surface area contributed by atoms with E-state index >= 15 is 0 Å². The molecule has 0 radical (unpaired) electrons. The lowest BCUT2D eigenvalue weighted by Crippen LogP contribution is -2.40. The Morgan fingerprint density at radius 1 is 1.23 bits per heavy atom. The molecular formula is C25H31FN2O5S2. The number of esters is 1. The number of hydrogen-bond acceptors (Lipinski definition) is 7. The standard InChI is InChI=1S/C25H31FN2O5S2/c1-5-7-11-19-16-28(18-12-9-8-10-13-18)21-14-23(34-4)22(15-24(21)35(30,31)27(19)3)33-17-20(26)25(29)32-6-2/h8-10,12-15,17,19H,5-7,11,16H2,1-4H3/b20-17-. The van der Waals surface area contributed by atoms with E-state index in [0.29, 0.717) is 23.4 Å². The van der Waals surface area contributed by atoms with Crippen LogP contribution >= 0.6 is 11.8 Å². The zero-order chi connectivity index (χ0) is 25.6. The van der Waals surface area contributed by atoms with Gasteiger partial charge in [-0.2, -0.15) is 8.70 Å². The fourth-order valence-corrected chi connectivity index (χ4v) is 6.01. The quantitative estimate of drug-likeness (QED) is 0.186. The summed E-state index contributed by atoms with van der Waals surface area (Å²) < 4.78 is 53.1. The predicted octanol–water partition coefficient (Wildman–Crippen LogP) is 5.49. The van der Waals surface area contributed by atoms with Gasteiger partial charge in [0.1, 0.15) is 16.9 Å². The average molecular weight is 523 g/mol. The Bertz CT molecular complexity index is 1170. The van der Waals surface area contributed by atoms with E-state index in [4.69, 9.17) is 4.74 Å². The highest BCUT2D eigenvalue weighted by molar-refractivity contribution is 7.98. The van der Waals surface area contributed by atoms with Gasteiger partial charge in [0.05, 0.1) is 17.2 Å². The van der Waals surface area contributed by atoms with Crippen molar-refractivity contribution in [1.29, 1.82) is 0 Å². The van der Waals surface area contributed by atoms with Gasteiger partial charge >= 0.3 is 5.97 Å². The van der Waals surface area contributed by atoms with Crippen molar-refractivity contribution in [2.75, 3.05) is 31.4 Å². The van der Waals surface area contributed by atoms with Crippen LogP contribution in [-0.4, -0.2) is 51.2 Å². The van der Waals surface area contributed by atoms with Crippen LogP contribution in [-0.2, 0) is 19.6 Å². The molecule has 3 rings (SSSR count). The van der Waals surface area contributed by atoms with Gasteiger partial charge in [0.2, 0.25) is 15.9 Å². The van der Waals surface area contributed by atoms with Crippen LogP contribution in [0, 0.1) is 0 Å². The predicted molar refractivity (Wildman–Crippen MR) is 136 cm³/mol. The SMILES string of the molecule is CCCCC1CN(c2ccccc2)c2cc(SC)c(O/C=C(\F)C(=O)OCC)cc2S(=O)(=O)N1C. The number of carbonyl (C=O) groups is 1. The summed E-state index contributed by atoms with van der Waals surface area (Å²) in [6.45, 7) is 4.15. The fraction of sp³-hybridized carbons (Fsp3) is 0.400. The summed E-state index contributed by atoms with van der Waals surface area (Å²) in [5.74, 6) is -2.22. The van der Waals surface area contributed by atoms with Crippen LogP contribution in [0.2, 0.25) is 0 Å². The minimum absolute atomic E-state index is 0.0219. The molecule has 1 atom stereocenters. The molecule has 0 saturated heterocycles. The summed E-state index contributed by atoms with van der Waals surface area (Å²) in [6, 6.07) is 12.5. The molecule has 0 spiro atoms. The number of halogens is 1. The molecule has 35 heavy (non-hydrogen) atoms. The summed E-state index contributed by atoms with van der Waals surface area (Å²) in [6.07, 6.45) is 5.02. The molecule has 2 aromatic rings. The third kappa shape index (κ3) is 5.99. The van der Waals surface area contributed by atoms with Crippen molar-refractivity contribution in [2.45, 2.75) is 48.9 Å². The first kappa shape index (κ1) is 27.0. The maximum Gasteiger partial charge on any atom is 0.370 e.